The molecule has 1 saturated carbocycles. The summed E-state index contributed by atoms with van der Waals surface area (Å²) >= 11 is 0. The predicted octanol–water partition coefficient (Wildman–Crippen LogP) is 0.953. The predicted molar refractivity (Wildman–Crippen MR) is 101 cm³/mol. The van der Waals surface area contributed by atoms with E-state index in [1.54, 1.807) is 12.1 Å². The molecule has 1 aromatic rings. The van der Waals surface area contributed by atoms with E-state index in [-0.39, 0.29) is 29.5 Å². The van der Waals surface area contributed by atoms with Gasteiger partial charge in [-0.25, -0.2) is 13.1 Å². The Morgan fingerprint density at radius 3 is 2.63 bits per heavy atom. The molecule has 4 atom stereocenters. The first-order valence-electron chi connectivity index (χ1n) is 9.70. The SMILES string of the molecule is NC1CCC2CN(C(=O)c3ccc(S(=O)(=O)NCC4CCCO4)cc3)CC12. The fourth-order valence-electron chi connectivity index (χ4n) is 4.52. The van der Waals surface area contributed by atoms with Gasteiger partial charge in [0.2, 0.25) is 10.0 Å². The number of nitrogens with zero attached hydrogens (tertiary/aromatic N) is 1. The van der Waals surface area contributed by atoms with Gasteiger partial charge >= 0.3 is 0 Å². The average Bonchev–Trinajstić information content (AvgIpc) is 3.39. The fraction of sp³-hybridized carbons (Fsp3) is 0.632. The third kappa shape index (κ3) is 3.89. The number of rotatable bonds is 5. The summed E-state index contributed by atoms with van der Waals surface area (Å²) in [5.41, 5.74) is 6.66. The molecule has 7 nitrogen and oxygen atoms in total. The molecule has 0 bridgehead atoms. The Bertz CT molecular complexity index is 790. The fourth-order valence-corrected chi connectivity index (χ4v) is 5.59. The highest BCUT2D eigenvalue weighted by Gasteiger charge is 2.42. The first kappa shape index (κ1) is 18.9. The van der Waals surface area contributed by atoms with E-state index < -0.39 is 10.0 Å². The normalized spacial score (nSPS) is 30.6. The summed E-state index contributed by atoms with van der Waals surface area (Å²) < 4.78 is 32.9. The van der Waals surface area contributed by atoms with Gasteiger partial charge in [0.1, 0.15) is 0 Å². The molecule has 4 rings (SSSR count). The van der Waals surface area contributed by atoms with E-state index in [1.807, 2.05) is 4.90 Å². The minimum Gasteiger partial charge on any atom is -0.377 e. The molecule has 1 aromatic carbocycles. The number of fused-ring (bicyclic) bond motifs is 1. The smallest absolute Gasteiger partial charge is 0.253 e. The zero-order valence-electron chi connectivity index (χ0n) is 15.3. The number of carbonyl (C=O) groups is 1. The van der Waals surface area contributed by atoms with Crippen molar-refractivity contribution in [2.24, 2.45) is 17.6 Å². The summed E-state index contributed by atoms with van der Waals surface area (Å²) in [6, 6.07) is 6.37. The van der Waals surface area contributed by atoms with E-state index in [0.717, 1.165) is 32.2 Å². The van der Waals surface area contributed by atoms with Gasteiger partial charge in [-0.15, -0.1) is 0 Å². The van der Waals surface area contributed by atoms with Crippen molar-refractivity contribution in [2.45, 2.75) is 42.7 Å². The molecule has 148 valence electrons. The Kier molecular flexibility index (Phi) is 5.24. The van der Waals surface area contributed by atoms with E-state index in [9.17, 15) is 13.2 Å². The van der Waals surface area contributed by atoms with Crippen LogP contribution in [0, 0.1) is 11.8 Å². The lowest BCUT2D eigenvalue weighted by Gasteiger charge is -2.19. The highest BCUT2D eigenvalue weighted by atomic mass is 32.2. The number of benzene rings is 1. The molecule has 0 radical (unpaired) electrons. The van der Waals surface area contributed by atoms with Crippen molar-refractivity contribution in [3.05, 3.63) is 29.8 Å². The van der Waals surface area contributed by atoms with E-state index >= 15 is 0 Å². The number of hydrogen-bond donors (Lipinski definition) is 2. The zero-order chi connectivity index (χ0) is 19.0. The Labute approximate surface area is 160 Å². The topological polar surface area (TPSA) is 102 Å². The molecule has 27 heavy (non-hydrogen) atoms. The molecular formula is C19H27N3O4S. The van der Waals surface area contributed by atoms with Crippen molar-refractivity contribution in [2.75, 3.05) is 26.2 Å². The van der Waals surface area contributed by atoms with Crippen molar-refractivity contribution >= 4 is 15.9 Å². The second-order valence-electron chi connectivity index (χ2n) is 7.89. The van der Waals surface area contributed by atoms with Crippen LogP contribution in [-0.4, -0.2) is 57.6 Å². The minimum atomic E-state index is -3.60. The summed E-state index contributed by atoms with van der Waals surface area (Å²) in [5, 5.41) is 0. The van der Waals surface area contributed by atoms with Gasteiger partial charge in [0, 0.05) is 37.8 Å². The second-order valence-corrected chi connectivity index (χ2v) is 9.65. The molecule has 3 fully saturated rings. The highest BCUT2D eigenvalue weighted by molar-refractivity contribution is 7.89. The van der Waals surface area contributed by atoms with Crippen molar-refractivity contribution in [1.82, 2.24) is 9.62 Å². The molecule has 2 aliphatic heterocycles. The van der Waals surface area contributed by atoms with Crippen molar-refractivity contribution in [3.8, 4) is 0 Å². The molecule has 3 N–H and O–H groups in total. The van der Waals surface area contributed by atoms with Gasteiger partial charge in [-0.1, -0.05) is 0 Å². The molecule has 1 amide bonds. The lowest BCUT2D eigenvalue weighted by molar-refractivity contribution is 0.0779. The molecule has 0 spiro atoms. The van der Waals surface area contributed by atoms with Crippen LogP contribution in [0.4, 0.5) is 0 Å². The maximum Gasteiger partial charge on any atom is 0.253 e. The number of amides is 1. The summed E-state index contributed by atoms with van der Waals surface area (Å²) in [7, 11) is -3.60. The van der Waals surface area contributed by atoms with Crippen molar-refractivity contribution in [1.29, 1.82) is 0 Å². The largest absolute Gasteiger partial charge is 0.377 e. The zero-order valence-corrected chi connectivity index (χ0v) is 16.2. The first-order chi connectivity index (χ1) is 12.9. The summed E-state index contributed by atoms with van der Waals surface area (Å²) in [4.78, 5) is 14.8. The average molecular weight is 394 g/mol. The Morgan fingerprint density at radius 1 is 1.19 bits per heavy atom. The molecule has 1 aliphatic carbocycles. The minimum absolute atomic E-state index is 0.0483. The number of nitrogens with two attached hydrogens (primary N) is 1. The number of nitrogens with one attached hydrogen (secondary N) is 1. The number of sulfonamides is 1. The van der Waals surface area contributed by atoms with Gasteiger partial charge in [0.15, 0.2) is 0 Å². The van der Waals surface area contributed by atoms with Crippen LogP contribution in [0.25, 0.3) is 0 Å². The Hall–Kier alpha value is -1.48. The van der Waals surface area contributed by atoms with Crippen LogP contribution >= 0.6 is 0 Å². The quantitative estimate of drug-likeness (QED) is 0.776. The van der Waals surface area contributed by atoms with Crippen molar-refractivity contribution in [3.63, 3.8) is 0 Å². The van der Waals surface area contributed by atoms with Gasteiger partial charge in [0.05, 0.1) is 11.0 Å². The second kappa shape index (κ2) is 7.50. The van der Waals surface area contributed by atoms with Crippen LogP contribution in [0.3, 0.4) is 0 Å². The van der Waals surface area contributed by atoms with Crippen LogP contribution < -0.4 is 10.5 Å². The van der Waals surface area contributed by atoms with E-state index in [1.165, 1.54) is 12.1 Å². The standard InChI is InChI=1S/C19H27N3O4S/c20-18-8-5-14-11-22(12-17(14)18)19(23)13-3-6-16(7-4-13)27(24,25)21-10-15-2-1-9-26-15/h3-4,6-7,14-15,17-18,21H,1-2,5,8-12,20H2. The Balaban J connectivity index is 1.39. The van der Waals surface area contributed by atoms with Gasteiger partial charge in [-0.3, -0.25) is 4.79 Å². The summed E-state index contributed by atoms with van der Waals surface area (Å²) in [6.07, 6.45) is 3.91. The molecule has 4 unspecified atom stereocenters. The molecule has 3 aliphatic rings. The summed E-state index contributed by atoms with van der Waals surface area (Å²) in [6.45, 7) is 2.42. The number of carbonyl (C=O) groups excluding carboxylic acids is 1. The first-order valence-corrected chi connectivity index (χ1v) is 11.2. The highest BCUT2D eigenvalue weighted by Crippen LogP contribution is 2.37. The number of hydrogen-bond acceptors (Lipinski definition) is 5. The van der Waals surface area contributed by atoms with Gasteiger partial charge in [0.25, 0.3) is 5.91 Å². The molecule has 2 saturated heterocycles. The van der Waals surface area contributed by atoms with Gasteiger partial charge < -0.3 is 15.4 Å². The van der Waals surface area contributed by atoms with Crippen molar-refractivity contribution < 1.29 is 17.9 Å². The van der Waals surface area contributed by atoms with Crippen LogP contribution in [0.5, 0.6) is 0 Å². The molecule has 8 heteroatoms. The van der Waals surface area contributed by atoms with E-state index in [0.29, 0.717) is 30.6 Å². The van der Waals surface area contributed by atoms with Crippen LogP contribution in [0.1, 0.15) is 36.0 Å². The third-order valence-electron chi connectivity index (χ3n) is 6.14. The lowest BCUT2D eigenvalue weighted by Crippen LogP contribution is -2.33. The molecular weight excluding hydrogens is 366 g/mol. The summed E-state index contributed by atoms with van der Waals surface area (Å²) in [5.74, 6) is 0.856. The van der Waals surface area contributed by atoms with Gasteiger partial charge in [-0.2, -0.15) is 0 Å². The van der Waals surface area contributed by atoms with Gasteiger partial charge in [-0.05, 0) is 61.8 Å². The monoisotopic (exact) mass is 393 g/mol. The molecule has 0 aromatic heterocycles. The number of ether oxygens (including phenoxy) is 1. The lowest BCUT2D eigenvalue weighted by atomic mass is 9.98. The maximum absolute atomic E-state index is 12.7. The third-order valence-corrected chi connectivity index (χ3v) is 7.58. The Morgan fingerprint density at radius 2 is 1.96 bits per heavy atom. The van der Waals surface area contributed by atoms with Crippen LogP contribution in [-0.2, 0) is 14.8 Å². The maximum atomic E-state index is 12.7. The number of likely N-dealkylation sites (tertiary alicyclic amines) is 1. The molecule has 2 heterocycles. The van der Waals surface area contributed by atoms with E-state index in [4.69, 9.17) is 10.5 Å². The van der Waals surface area contributed by atoms with Crippen LogP contribution in [0.2, 0.25) is 0 Å². The van der Waals surface area contributed by atoms with E-state index in [2.05, 4.69) is 4.72 Å². The van der Waals surface area contributed by atoms with Crippen LogP contribution in [0.15, 0.2) is 29.2 Å².